The Hall–Kier alpha value is -1.18. The van der Waals surface area contributed by atoms with Crippen LogP contribution in [-0.2, 0) is 22.3 Å². The van der Waals surface area contributed by atoms with Gasteiger partial charge in [0.1, 0.15) is 4.33 Å². The highest BCUT2D eigenvalue weighted by Gasteiger charge is 2.56. The maximum atomic E-state index is 13.4. The minimum Gasteiger partial charge on any atom is -0.378 e. The SMILES string of the molecule is O=C(NCc1ccc(N2CCOCC2)cc1C(F)(F)F)C1CC1(Cl)Cl. The number of alkyl halides is 5. The van der Waals surface area contributed by atoms with Gasteiger partial charge in [-0.05, 0) is 24.1 Å². The molecule has 2 fully saturated rings. The molecule has 2 aliphatic rings. The molecule has 1 aliphatic carbocycles. The van der Waals surface area contributed by atoms with E-state index in [1.165, 1.54) is 6.07 Å². The summed E-state index contributed by atoms with van der Waals surface area (Å²) in [5, 5.41) is 2.49. The summed E-state index contributed by atoms with van der Waals surface area (Å²) in [6.07, 6.45) is -4.20. The average Bonchev–Trinajstić information content (AvgIpc) is 3.21. The van der Waals surface area contributed by atoms with Gasteiger partial charge < -0.3 is 15.0 Å². The van der Waals surface area contributed by atoms with E-state index in [1.54, 1.807) is 6.07 Å². The summed E-state index contributed by atoms with van der Waals surface area (Å²) in [6.45, 7) is 1.83. The van der Waals surface area contributed by atoms with Crippen LogP contribution in [0.5, 0.6) is 0 Å². The Morgan fingerprint density at radius 2 is 1.96 bits per heavy atom. The minimum atomic E-state index is -4.51. The van der Waals surface area contributed by atoms with Crippen LogP contribution in [0.4, 0.5) is 18.9 Å². The van der Waals surface area contributed by atoms with Gasteiger partial charge in [-0.25, -0.2) is 0 Å². The van der Waals surface area contributed by atoms with E-state index in [1.807, 2.05) is 4.90 Å². The Bertz CT molecular complexity index is 661. The molecule has 1 amide bonds. The first-order valence-electron chi connectivity index (χ1n) is 7.87. The summed E-state index contributed by atoms with van der Waals surface area (Å²) in [5.74, 6) is -1.01. The normalized spacial score (nSPS) is 22.6. The molecule has 3 rings (SSSR count). The van der Waals surface area contributed by atoms with Crippen molar-refractivity contribution in [3.05, 3.63) is 29.3 Å². The Labute approximate surface area is 153 Å². The summed E-state index contributed by atoms with van der Waals surface area (Å²) < 4.78 is 44.4. The third-order valence-corrected chi connectivity index (χ3v) is 5.21. The Kier molecular flexibility index (Phi) is 5.10. The number of halogens is 5. The van der Waals surface area contributed by atoms with E-state index in [-0.39, 0.29) is 12.1 Å². The second-order valence-corrected chi connectivity index (χ2v) is 7.72. The number of carbonyl (C=O) groups excluding carboxylic acids is 1. The Balaban J connectivity index is 1.75. The number of hydrogen-bond acceptors (Lipinski definition) is 3. The maximum Gasteiger partial charge on any atom is 0.416 e. The first-order chi connectivity index (χ1) is 11.7. The van der Waals surface area contributed by atoms with Crippen molar-refractivity contribution in [3.63, 3.8) is 0 Å². The molecule has 1 atom stereocenters. The van der Waals surface area contributed by atoms with Crippen LogP contribution in [0.15, 0.2) is 18.2 Å². The fourth-order valence-electron chi connectivity index (χ4n) is 2.80. The van der Waals surface area contributed by atoms with Crippen LogP contribution >= 0.6 is 23.2 Å². The predicted octanol–water partition coefficient (Wildman–Crippen LogP) is 3.35. The van der Waals surface area contributed by atoms with Gasteiger partial charge in [0.05, 0.1) is 24.7 Å². The molecule has 1 N–H and O–H groups in total. The van der Waals surface area contributed by atoms with Gasteiger partial charge in [-0.3, -0.25) is 4.79 Å². The van der Waals surface area contributed by atoms with Gasteiger partial charge in [-0.15, -0.1) is 23.2 Å². The number of benzene rings is 1. The second kappa shape index (κ2) is 6.85. The molecule has 9 heteroatoms. The summed E-state index contributed by atoms with van der Waals surface area (Å²) in [6, 6.07) is 4.15. The summed E-state index contributed by atoms with van der Waals surface area (Å²) in [4.78, 5) is 13.7. The molecule has 4 nitrogen and oxygen atoms in total. The molecule has 1 aliphatic heterocycles. The van der Waals surface area contributed by atoms with Crippen molar-refractivity contribution in [1.29, 1.82) is 0 Å². The van der Waals surface area contributed by atoms with E-state index in [9.17, 15) is 18.0 Å². The van der Waals surface area contributed by atoms with Gasteiger partial charge in [0.2, 0.25) is 5.91 Å². The summed E-state index contributed by atoms with van der Waals surface area (Å²) >= 11 is 11.6. The number of hydrogen-bond donors (Lipinski definition) is 1. The average molecular weight is 397 g/mol. The molecular formula is C16H17Cl2F3N2O2. The number of nitrogens with one attached hydrogen (secondary N) is 1. The van der Waals surface area contributed by atoms with Gasteiger partial charge in [0.25, 0.3) is 0 Å². The van der Waals surface area contributed by atoms with Crippen LogP contribution < -0.4 is 10.2 Å². The van der Waals surface area contributed by atoms with E-state index < -0.39 is 27.9 Å². The lowest BCUT2D eigenvalue weighted by Gasteiger charge is -2.29. The van der Waals surface area contributed by atoms with Gasteiger partial charge >= 0.3 is 6.18 Å². The molecule has 1 aromatic carbocycles. The van der Waals surface area contributed by atoms with Crippen LogP contribution in [0.25, 0.3) is 0 Å². The monoisotopic (exact) mass is 396 g/mol. The Morgan fingerprint density at radius 1 is 1.32 bits per heavy atom. The van der Waals surface area contributed by atoms with Gasteiger partial charge in [0, 0.05) is 25.3 Å². The standard InChI is InChI=1S/C16H17Cl2F3N2O2/c17-15(18)8-13(15)14(24)22-9-10-1-2-11(7-12(10)16(19,20)21)23-3-5-25-6-4-23/h1-2,7,13H,3-6,8-9H2,(H,22,24). The van der Waals surface area contributed by atoms with E-state index in [0.717, 1.165) is 6.07 Å². The zero-order valence-corrected chi connectivity index (χ0v) is 14.7. The minimum absolute atomic E-state index is 0.00764. The van der Waals surface area contributed by atoms with E-state index in [2.05, 4.69) is 5.32 Å². The molecule has 0 aromatic heterocycles. The lowest BCUT2D eigenvalue weighted by Crippen LogP contribution is -2.36. The van der Waals surface area contributed by atoms with Crippen LogP contribution in [-0.4, -0.2) is 36.5 Å². The smallest absolute Gasteiger partial charge is 0.378 e. The first-order valence-corrected chi connectivity index (χ1v) is 8.62. The first kappa shape index (κ1) is 18.6. The number of rotatable bonds is 4. The van der Waals surface area contributed by atoms with Gasteiger partial charge in [-0.1, -0.05) is 6.07 Å². The summed E-state index contributed by atoms with van der Waals surface area (Å²) in [5.41, 5.74) is -0.253. The molecule has 0 bridgehead atoms. The van der Waals surface area contributed by atoms with Crippen molar-refractivity contribution in [3.8, 4) is 0 Å². The van der Waals surface area contributed by atoms with Crippen LogP contribution in [0, 0.1) is 5.92 Å². The topological polar surface area (TPSA) is 41.6 Å². The largest absolute Gasteiger partial charge is 0.416 e. The van der Waals surface area contributed by atoms with E-state index in [4.69, 9.17) is 27.9 Å². The molecule has 0 radical (unpaired) electrons. The number of anilines is 1. The maximum absolute atomic E-state index is 13.4. The lowest BCUT2D eigenvalue weighted by molar-refractivity contribution is -0.138. The molecule has 1 unspecified atom stereocenters. The molecule has 0 spiro atoms. The number of morpholine rings is 1. The summed E-state index contributed by atoms with van der Waals surface area (Å²) in [7, 11) is 0. The number of nitrogens with zero attached hydrogens (tertiary/aromatic N) is 1. The Morgan fingerprint density at radius 3 is 2.52 bits per heavy atom. The highest BCUT2D eigenvalue weighted by Crippen LogP contribution is 2.53. The quantitative estimate of drug-likeness (QED) is 0.793. The molecule has 1 saturated carbocycles. The van der Waals surface area contributed by atoms with Crippen molar-refractivity contribution < 1.29 is 22.7 Å². The molecule has 1 aromatic rings. The van der Waals surface area contributed by atoms with Crippen molar-refractivity contribution in [2.75, 3.05) is 31.2 Å². The molecule has 138 valence electrons. The zero-order chi connectivity index (χ0) is 18.2. The van der Waals surface area contributed by atoms with E-state index in [0.29, 0.717) is 38.4 Å². The molecule has 25 heavy (non-hydrogen) atoms. The molecular weight excluding hydrogens is 380 g/mol. The predicted molar refractivity (Wildman–Crippen MR) is 88.9 cm³/mol. The zero-order valence-electron chi connectivity index (χ0n) is 13.2. The van der Waals surface area contributed by atoms with Crippen LogP contribution in [0.3, 0.4) is 0 Å². The number of carbonyl (C=O) groups is 1. The fourth-order valence-corrected chi connectivity index (χ4v) is 3.31. The molecule has 1 saturated heterocycles. The second-order valence-electron chi connectivity index (χ2n) is 6.17. The van der Waals surface area contributed by atoms with Crippen LogP contribution in [0.2, 0.25) is 0 Å². The highest BCUT2D eigenvalue weighted by molar-refractivity contribution is 6.52. The fraction of sp³-hybridized carbons (Fsp3) is 0.562. The third-order valence-electron chi connectivity index (χ3n) is 4.37. The highest BCUT2D eigenvalue weighted by atomic mass is 35.5. The third kappa shape index (κ3) is 4.33. The van der Waals surface area contributed by atoms with Crippen LogP contribution in [0.1, 0.15) is 17.5 Å². The van der Waals surface area contributed by atoms with Crippen molar-refractivity contribution >= 4 is 34.8 Å². The lowest BCUT2D eigenvalue weighted by atomic mass is 10.0. The van der Waals surface area contributed by atoms with Gasteiger partial charge in [-0.2, -0.15) is 13.2 Å². The van der Waals surface area contributed by atoms with Crippen molar-refractivity contribution in [2.45, 2.75) is 23.5 Å². The number of amides is 1. The number of ether oxygens (including phenoxy) is 1. The van der Waals surface area contributed by atoms with E-state index >= 15 is 0 Å². The van der Waals surface area contributed by atoms with Crippen molar-refractivity contribution in [2.24, 2.45) is 5.92 Å². The van der Waals surface area contributed by atoms with Gasteiger partial charge in [0.15, 0.2) is 0 Å². The van der Waals surface area contributed by atoms with Crippen molar-refractivity contribution in [1.82, 2.24) is 5.32 Å². The molecule has 1 heterocycles.